The molecule has 6 nitrogen and oxygen atoms in total. The average Bonchev–Trinajstić information content (AvgIpc) is 3.21. The Morgan fingerprint density at radius 1 is 1.03 bits per heavy atom. The third kappa shape index (κ3) is 3.59. The number of nitrogens with zero attached hydrogens (tertiary/aromatic N) is 5. The first-order valence-corrected chi connectivity index (χ1v) is 9.93. The van der Waals surface area contributed by atoms with Gasteiger partial charge in [0.2, 0.25) is 5.88 Å². The molecule has 0 unspecified atom stereocenters. The molecule has 4 aromatic rings. The number of benzene rings is 2. The van der Waals surface area contributed by atoms with Gasteiger partial charge in [-0.05, 0) is 35.6 Å². The van der Waals surface area contributed by atoms with Crippen molar-refractivity contribution >= 4 is 11.0 Å². The first-order chi connectivity index (χ1) is 14.3. The molecule has 29 heavy (non-hydrogen) atoms. The highest BCUT2D eigenvalue weighted by atomic mass is 16.3. The van der Waals surface area contributed by atoms with Gasteiger partial charge in [0, 0.05) is 19.6 Å². The summed E-state index contributed by atoms with van der Waals surface area (Å²) in [5, 5.41) is 14.9. The van der Waals surface area contributed by atoms with E-state index in [9.17, 15) is 5.11 Å². The predicted molar refractivity (Wildman–Crippen MR) is 111 cm³/mol. The van der Waals surface area contributed by atoms with Gasteiger partial charge in [-0.15, -0.1) is 0 Å². The van der Waals surface area contributed by atoms with Gasteiger partial charge in [0.05, 0.1) is 12.2 Å². The van der Waals surface area contributed by atoms with Crippen LogP contribution in [0.1, 0.15) is 24.4 Å². The van der Waals surface area contributed by atoms with E-state index in [-0.39, 0.29) is 5.88 Å². The molecule has 0 amide bonds. The van der Waals surface area contributed by atoms with Crippen LogP contribution in [0.25, 0.3) is 22.2 Å². The summed E-state index contributed by atoms with van der Waals surface area (Å²) in [6, 6.07) is 20.4. The van der Waals surface area contributed by atoms with E-state index in [1.807, 2.05) is 22.9 Å². The van der Waals surface area contributed by atoms with Crippen LogP contribution in [0, 0.1) is 6.07 Å². The molecule has 0 saturated carbocycles. The average molecular weight is 384 g/mol. The Balaban J connectivity index is 1.22. The van der Waals surface area contributed by atoms with Gasteiger partial charge in [-0.25, -0.2) is 14.6 Å². The lowest BCUT2D eigenvalue weighted by Crippen LogP contribution is -2.34. The summed E-state index contributed by atoms with van der Waals surface area (Å²) in [7, 11) is 0. The Morgan fingerprint density at radius 3 is 2.62 bits per heavy atom. The number of likely N-dealkylation sites (tertiary alicyclic amines) is 1. The highest BCUT2D eigenvalue weighted by Gasteiger charge is 2.23. The third-order valence-corrected chi connectivity index (χ3v) is 5.65. The largest absolute Gasteiger partial charge is 0.493 e. The second-order valence-electron chi connectivity index (χ2n) is 7.50. The molecule has 0 spiro atoms. The van der Waals surface area contributed by atoms with Crippen molar-refractivity contribution in [2.24, 2.45) is 0 Å². The van der Waals surface area contributed by atoms with Crippen LogP contribution >= 0.6 is 0 Å². The van der Waals surface area contributed by atoms with Crippen molar-refractivity contribution in [2.75, 3.05) is 13.1 Å². The summed E-state index contributed by atoms with van der Waals surface area (Å²) in [5.74, 6) is -0.00441. The van der Waals surface area contributed by atoms with E-state index in [0.29, 0.717) is 17.1 Å². The molecule has 0 atom stereocenters. The van der Waals surface area contributed by atoms with Crippen molar-refractivity contribution in [1.82, 2.24) is 24.6 Å². The molecule has 5 rings (SSSR count). The lowest BCUT2D eigenvalue weighted by molar-refractivity contribution is 0.175. The molecule has 1 fully saturated rings. The number of hydrogen-bond donors (Lipinski definition) is 1. The van der Waals surface area contributed by atoms with E-state index >= 15 is 0 Å². The molecule has 2 aromatic heterocycles. The van der Waals surface area contributed by atoms with Gasteiger partial charge in [-0.1, -0.05) is 48.5 Å². The second kappa shape index (κ2) is 7.64. The Bertz CT molecular complexity index is 1100. The molecule has 1 radical (unpaired) electrons. The molecule has 1 aliphatic heterocycles. The third-order valence-electron chi connectivity index (χ3n) is 5.65. The molecule has 1 aliphatic rings. The minimum absolute atomic E-state index is 0.00441. The predicted octanol–water partition coefficient (Wildman–Crippen LogP) is 3.84. The van der Waals surface area contributed by atoms with Crippen molar-refractivity contribution in [3.63, 3.8) is 0 Å². The maximum atomic E-state index is 9.87. The van der Waals surface area contributed by atoms with Gasteiger partial charge < -0.3 is 5.11 Å². The van der Waals surface area contributed by atoms with Crippen molar-refractivity contribution < 1.29 is 5.11 Å². The number of piperidine rings is 1. The lowest BCUT2D eigenvalue weighted by Gasteiger charge is -2.32. The normalized spacial score (nSPS) is 15.7. The number of fused-ring (bicyclic) bond motifs is 1. The van der Waals surface area contributed by atoms with Crippen LogP contribution in [-0.4, -0.2) is 42.8 Å². The van der Waals surface area contributed by atoms with Crippen molar-refractivity contribution in [2.45, 2.75) is 25.4 Å². The van der Waals surface area contributed by atoms with Gasteiger partial charge in [-0.3, -0.25) is 4.90 Å². The molecule has 0 aliphatic carbocycles. The topological polar surface area (TPSA) is 67.1 Å². The summed E-state index contributed by atoms with van der Waals surface area (Å²) in [6.45, 7) is 2.98. The molecule has 2 aromatic carbocycles. The van der Waals surface area contributed by atoms with E-state index in [0.717, 1.165) is 38.0 Å². The van der Waals surface area contributed by atoms with Gasteiger partial charge in [0.25, 0.3) is 0 Å². The van der Waals surface area contributed by atoms with Gasteiger partial charge in [0.15, 0.2) is 5.65 Å². The van der Waals surface area contributed by atoms with Crippen LogP contribution in [0.2, 0.25) is 0 Å². The second-order valence-corrected chi connectivity index (χ2v) is 7.50. The monoisotopic (exact) mass is 384 g/mol. The Kier molecular flexibility index (Phi) is 4.69. The van der Waals surface area contributed by atoms with E-state index in [1.54, 1.807) is 6.20 Å². The zero-order chi connectivity index (χ0) is 19.6. The Morgan fingerprint density at radius 2 is 1.86 bits per heavy atom. The van der Waals surface area contributed by atoms with Crippen LogP contribution < -0.4 is 0 Å². The maximum Gasteiger partial charge on any atom is 0.225 e. The van der Waals surface area contributed by atoms with E-state index < -0.39 is 0 Å². The Labute approximate surface area is 169 Å². The highest BCUT2D eigenvalue weighted by molar-refractivity contribution is 5.79. The number of rotatable bonds is 4. The minimum Gasteiger partial charge on any atom is -0.493 e. The fraction of sp³-hybridized carbons (Fsp3) is 0.261. The van der Waals surface area contributed by atoms with Crippen molar-refractivity contribution in [3.8, 4) is 17.0 Å². The summed E-state index contributed by atoms with van der Waals surface area (Å²) >= 11 is 0. The van der Waals surface area contributed by atoms with Crippen molar-refractivity contribution in [3.05, 3.63) is 72.7 Å². The smallest absolute Gasteiger partial charge is 0.225 e. The van der Waals surface area contributed by atoms with E-state index in [1.165, 1.54) is 17.5 Å². The summed E-state index contributed by atoms with van der Waals surface area (Å²) in [6.07, 6.45) is 5.07. The van der Waals surface area contributed by atoms with Crippen LogP contribution in [0.15, 0.2) is 61.1 Å². The molecule has 1 saturated heterocycles. The fourth-order valence-electron chi connectivity index (χ4n) is 4.06. The summed E-state index contributed by atoms with van der Waals surface area (Å²) < 4.78 is 1.94. The highest BCUT2D eigenvalue weighted by Crippen LogP contribution is 2.28. The number of aromatic nitrogens is 4. The molecule has 3 heterocycles. The first-order valence-electron chi connectivity index (χ1n) is 9.93. The van der Waals surface area contributed by atoms with Gasteiger partial charge in [0.1, 0.15) is 11.7 Å². The summed E-state index contributed by atoms with van der Waals surface area (Å²) in [5.41, 5.74) is 4.36. The zero-order valence-electron chi connectivity index (χ0n) is 16.1. The Hall–Kier alpha value is -3.25. The van der Waals surface area contributed by atoms with Crippen LogP contribution in [0.4, 0.5) is 0 Å². The molecule has 1 N–H and O–H groups in total. The number of hydrogen-bond acceptors (Lipinski definition) is 5. The van der Waals surface area contributed by atoms with Crippen LogP contribution in [0.3, 0.4) is 0 Å². The molecule has 145 valence electrons. The fourth-order valence-corrected chi connectivity index (χ4v) is 4.06. The van der Waals surface area contributed by atoms with Crippen LogP contribution in [0.5, 0.6) is 5.88 Å². The SMILES string of the molecule is Oc1ncnc2c1cnn2C1CCN(Cc2ccc(-c3[c]cccc3)cc2)CC1. The first kappa shape index (κ1) is 17.8. The number of aromatic hydroxyl groups is 1. The van der Waals surface area contributed by atoms with E-state index in [4.69, 9.17) is 0 Å². The standard InChI is InChI=1S/C23H22N5O/c29-23-21-14-26-28(22(21)24-16-25-23)20-10-12-27(13-11-20)15-17-6-8-19(9-7-17)18-4-2-1-3-5-18/h1-4,6-9,14,16,20H,10-13,15H2,(H,24,25,29). The van der Waals surface area contributed by atoms with Crippen LogP contribution in [-0.2, 0) is 6.54 Å². The molecular formula is C23H22N5O. The minimum atomic E-state index is -0.00441. The molecule has 0 bridgehead atoms. The maximum absolute atomic E-state index is 9.87. The quantitative estimate of drug-likeness (QED) is 0.579. The zero-order valence-corrected chi connectivity index (χ0v) is 16.1. The van der Waals surface area contributed by atoms with Gasteiger partial charge >= 0.3 is 0 Å². The van der Waals surface area contributed by atoms with E-state index in [2.05, 4.69) is 56.4 Å². The van der Waals surface area contributed by atoms with Gasteiger partial charge in [-0.2, -0.15) is 5.10 Å². The molecular weight excluding hydrogens is 362 g/mol. The van der Waals surface area contributed by atoms with Crippen molar-refractivity contribution in [1.29, 1.82) is 0 Å². The summed E-state index contributed by atoms with van der Waals surface area (Å²) in [4.78, 5) is 10.6. The molecule has 6 heteroatoms. The lowest BCUT2D eigenvalue weighted by atomic mass is 10.0.